The van der Waals surface area contributed by atoms with Crippen LogP contribution in [0.5, 0.6) is 11.8 Å². The molecule has 0 aliphatic heterocycles. The summed E-state index contributed by atoms with van der Waals surface area (Å²) in [6.45, 7) is 2.09. The molecule has 90 valence electrons. The Hall–Kier alpha value is -1.55. The molecular weight excluding hydrogens is 234 g/mol. The minimum Gasteiger partial charge on any atom is -0.494 e. The molecule has 0 aliphatic carbocycles. The predicted molar refractivity (Wildman–Crippen MR) is 70.2 cm³/mol. The van der Waals surface area contributed by atoms with E-state index in [1.807, 2.05) is 18.2 Å². The van der Waals surface area contributed by atoms with Crippen molar-refractivity contribution in [1.29, 1.82) is 0 Å². The maximum absolute atomic E-state index is 9.60. The molecule has 17 heavy (non-hydrogen) atoms. The molecule has 0 spiro atoms. The molecule has 4 heteroatoms. The van der Waals surface area contributed by atoms with E-state index in [2.05, 4.69) is 19.1 Å². The highest BCUT2D eigenvalue weighted by atomic mass is 32.2. The van der Waals surface area contributed by atoms with Gasteiger partial charge in [-0.2, -0.15) is 0 Å². The Morgan fingerprint density at radius 2 is 1.65 bits per heavy atom. The summed E-state index contributed by atoms with van der Waals surface area (Å²) in [5.74, 6) is 0.142. The van der Waals surface area contributed by atoms with Crippen molar-refractivity contribution in [3.63, 3.8) is 0 Å². The van der Waals surface area contributed by atoms with Gasteiger partial charge in [0, 0.05) is 17.4 Å². The van der Waals surface area contributed by atoms with Crippen LogP contribution < -0.4 is 0 Å². The highest BCUT2D eigenvalue weighted by Crippen LogP contribution is 2.38. The SMILES string of the molecule is CCC(Sn1c(O)ccc1O)c1ccccc1. The summed E-state index contributed by atoms with van der Waals surface area (Å²) < 4.78 is 1.45. The Balaban J connectivity index is 2.22. The van der Waals surface area contributed by atoms with Crippen molar-refractivity contribution in [3.8, 4) is 11.8 Å². The Kier molecular flexibility index (Phi) is 3.64. The zero-order valence-electron chi connectivity index (χ0n) is 9.58. The van der Waals surface area contributed by atoms with E-state index in [1.54, 1.807) is 0 Å². The molecule has 1 aromatic heterocycles. The molecule has 2 N–H and O–H groups in total. The Labute approximate surface area is 105 Å². The molecule has 1 aromatic carbocycles. The fourth-order valence-corrected chi connectivity index (χ4v) is 2.70. The predicted octanol–water partition coefficient (Wildman–Crippen LogP) is 3.55. The molecule has 0 bridgehead atoms. The van der Waals surface area contributed by atoms with Gasteiger partial charge in [-0.1, -0.05) is 37.3 Å². The molecule has 1 heterocycles. The zero-order valence-corrected chi connectivity index (χ0v) is 10.4. The Morgan fingerprint density at radius 3 is 2.18 bits per heavy atom. The van der Waals surface area contributed by atoms with Gasteiger partial charge in [0.1, 0.15) is 0 Å². The third-order valence-electron chi connectivity index (χ3n) is 2.57. The second-order valence-electron chi connectivity index (χ2n) is 3.76. The van der Waals surface area contributed by atoms with E-state index >= 15 is 0 Å². The molecule has 2 aromatic rings. The minimum absolute atomic E-state index is 0.0712. The maximum Gasteiger partial charge on any atom is 0.204 e. The number of nitrogens with zero attached hydrogens (tertiary/aromatic N) is 1. The molecule has 1 atom stereocenters. The first kappa shape index (κ1) is 11.9. The fraction of sp³-hybridized carbons (Fsp3) is 0.231. The highest BCUT2D eigenvalue weighted by Gasteiger charge is 2.15. The van der Waals surface area contributed by atoms with Crippen molar-refractivity contribution >= 4 is 11.9 Å². The van der Waals surface area contributed by atoms with Crippen molar-refractivity contribution in [3.05, 3.63) is 48.0 Å². The van der Waals surface area contributed by atoms with Crippen LogP contribution in [-0.2, 0) is 0 Å². The van der Waals surface area contributed by atoms with Crippen LogP contribution in [0.15, 0.2) is 42.5 Å². The standard InChI is InChI=1S/C13H15NO2S/c1-2-11(10-6-4-3-5-7-10)17-14-12(15)8-9-13(14)16/h3-9,11,15-16H,2H2,1H3. The number of rotatable bonds is 4. The first-order valence-electron chi connectivity index (χ1n) is 5.54. The summed E-state index contributed by atoms with van der Waals surface area (Å²) in [5.41, 5.74) is 1.19. The van der Waals surface area contributed by atoms with Crippen LogP contribution in [0.1, 0.15) is 24.2 Å². The molecule has 3 nitrogen and oxygen atoms in total. The minimum atomic E-state index is 0.0712. The number of aromatic nitrogens is 1. The lowest BCUT2D eigenvalue weighted by Crippen LogP contribution is -1.96. The number of hydrogen-bond acceptors (Lipinski definition) is 3. The number of hydrogen-bond donors (Lipinski definition) is 2. The van der Waals surface area contributed by atoms with E-state index in [1.165, 1.54) is 33.6 Å². The smallest absolute Gasteiger partial charge is 0.204 e. The van der Waals surface area contributed by atoms with Gasteiger partial charge < -0.3 is 10.2 Å². The van der Waals surface area contributed by atoms with Crippen LogP contribution >= 0.6 is 11.9 Å². The van der Waals surface area contributed by atoms with Gasteiger partial charge in [-0.25, -0.2) is 3.97 Å². The third-order valence-corrected chi connectivity index (χ3v) is 4.02. The summed E-state index contributed by atoms with van der Waals surface area (Å²) in [4.78, 5) is 0. The van der Waals surface area contributed by atoms with E-state index in [0.717, 1.165) is 6.42 Å². The quantitative estimate of drug-likeness (QED) is 0.871. The van der Waals surface area contributed by atoms with E-state index in [9.17, 15) is 10.2 Å². The third kappa shape index (κ3) is 2.58. The molecular formula is C13H15NO2S. The molecule has 2 rings (SSSR count). The van der Waals surface area contributed by atoms with Gasteiger partial charge in [0.25, 0.3) is 0 Å². The van der Waals surface area contributed by atoms with Gasteiger partial charge in [-0.3, -0.25) is 0 Å². The monoisotopic (exact) mass is 249 g/mol. The van der Waals surface area contributed by atoms with Crippen LogP contribution in [0.25, 0.3) is 0 Å². The van der Waals surface area contributed by atoms with E-state index in [0.29, 0.717) is 0 Å². The normalized spacial score (nSPS) is 12.5. The second kappa shape index (κ2) is 5.19. The topological polar surface area (TPSA) is 45.4 Å². The van der Waals surface area contributed by atoms with E-state index < -0.39 is 0 Å². The fourth-order valence-electron chi connectivity index (χ4n) is 1.68. The van der Waals surface area contributed by atoms with Gasteiger partial charge in [0.15, 0.2) is 0 Å². The van der Waals surface area contributed by atoms with Gasteiger partial charge in [0.2, 0.25) is 11.8 Å². The average Bonchev–Trinajstić information content (AvgIpc) is 2.68. The second-order valence-corrected chi connectivity index (χ2v) is 4.90. The molecule has 0 saturated heterocycles. The van der Waals surface area contributed by atoms with Crippen molar-refractivity contribution < 1.29 is 10.2 Å². The summed E-state index contributed by atoms with van der Waals surface area (Å²) in [7, 11) is 0. The molecule has 1 unspecified atom stereocenters. The van der Waals surface area contributed by atoms with Crippen molar-refractivity contribution in [2.24, 2.45) is 0 Å². The maximum atomic E-state index is 9.60. The first-order chi connectivity index (χ1) is 8.22. The largest absolute Gasteiger partial charge is 0.494 e. The van der Waals surface area contributed by atoms with Gasteiger partial charge in [-0.05, 0) is 23.9 Å². The van der Waals surface area contributed by atoms with Crippen LogP contribution in [0, 0.1) is 0 Å². The summed E-state index contributed by atoms with van der Waals surface area (Å²) >= 11 is 1.42. The molecule has 0 amide bonds. The number of benzene rings is 1. The van der Waals surface area contributed by atoms with Crippen LogP contribution in [0.3, 0.4) is 0 Å². The van der Waals surface area contributed by atoms with Crippen LogP contribution in [-0.4, -0.2) is 14.2 Å². The Bertz CT molecular complexity index is 462. The lowest BCUT2D eigenvalue weighted by atomic mass is 10.1. The highest BCUT2D eigenvalue weighted by molar-refractivity contribution is 7.98. The van der Waals surface area contributed by atoms with Gasteiger partial charge in [-0.15, -0.1) is 0 Å². The van der Waals surface area contributed by atoms with Crippen LogP contribution in [0.4, 0.5) is 0 Å². The molecule has 0 saturated carbocycles. The lowest BCUT2D eigenvalue weighted by molar-refractivity contribution is 0.416. The summed E-state index contributed by atoms with van der Waals surface area (Å²) in [6.07, 6.45) is 0.922. The van der Waals surface area contributed by atoms with Crippen molar-refractivity contribution in [2.75, 3.05) is 0 Å². The van der Waals surface area contributed by atoms with Gasteiger partial charge in [0.05, 0.1) is 0 Å². The van der Waals surface area contributed by atoms with Crippen molar-refractivity contribution in [1.82, 2.24) is 3.97 Å². The van der Waals surface area contributed by atoms with Crippen LogP contribution in [0.2, 0.25) is 0 Å². The van der Waals surface area contributed by atoms with Crippen molar-refractivity contribution in [2.45, 2.75) is 18.6 Å². The number of aromatic hydroxyl groups is 2. The molecule has 0 fully saturated rings. The average molecular weight is 249 g/mol. The zero-order chi connectivity index (χ0) is 12.3. The van der Waals surface area contributed by atoms with E-state index in [4.69, 9.17) is 0 Å². The summed E-state index contributed by atoms with van der Waals surface area (Å²) in [5, 5.41) is 19.4. The molecule has 0 radical (unpaired) electrons. The van der Waals surface area contributed by atoms with E-state index in [-0.39, 0.29) is 17.0 Å². The Morgan fingerprint density at radius 1 is 1.06 bits per heavy atom. The summed E-state index contributed by atoms with van der Waals surface area (Å²) in [6, 6.07) is 13.0. The first-order valence-corrected chi connectivity index (χ1v) is 6.37. The van der Waals surface area contributed by atoms with Gasteiger partial charge >= 0.3 is 0 Å². The lowest BCUT2D eigenvalue weighted by Gasteiger charge is -2.16. The molecule has 0 aliphatic rings.